The summed E-state index contributed by atoms with van der Waals surface area (Å²) in [5.74, 6) is 0.131. The van der Waals surface area contributed by atoms with Gasteiger partial charge in [0.1, 0.15) is 23.0 Å². The smallest absolute Gasteiger partial charge is 0.223 e. The molecule has 1 aromatic carbocycles. The topological polar surface area (TPSA) is 105 Å². The Morgan fingerprint density at radius 3 is 2.71 bits per heavy atom. The number of hydrogen-bond donors (Lipinski definition) is 3. The summed E-state index contributed by atoms with van der Waals surface area (Å²) in [5.41, 5.74) is 0.282. The van der Waals surface area contributed by atoms with Crippen molar-refractivity contribution in [3.63, 3.8) is 0 Å². The SMILES string of the molecule is CC[C@H]1OCC[C@@H](Nc2ncc(Cl)c(-c3cc(F)c4nc(C(C)(C)O)n(C(C)C)c4c3)n2)[C@@H]1O. The van der Waals surface area contributed by atoms with Crippen LogP contribution in [-0.4, -0.2) is 54.6 Å². The van der Waals surface area contributed by atoms with E-state index in [9.17, 15) is 10.2 Å². The van der Waals surface area contributed by atoms with Gasteiger partial charge in [0.25, 0.3) is 0 Å². The molecule has 1 saturated heterocycles. The number of hydrogen-bond acceptors (Lipinski definition) is 7. The number of aromatic nitrogens is 4. The van der Waals surface area contributed by atoms with Gasteiger partial charge in [-0.25, -0.2) is 19.3 Å². The number of aliphatic hydroxyl groups excluding tert-OH is 1. The molecule has 4 rings (SSSR count). The van der Waals surface area contributed by atoms with Gasteiger partial charge in [-0.3, -0.25) is 0 Å². The zero-order valence-corrected chi connectivity index (χ0v) is 20.8. The van der Waals surface area contributed by atoms with Crippen molar-refractivity contribution < 1.29 is 19.3 Å². The number of ether oxygens (including phenoxy) is 1. The van der Waals surface area contributed by atoms with Crippen LogP contribution in [0.4, 0.5) is 10.3 Å². The van der Waals surface area contributed by atoms with Gasteiger partial charge in [0.05, 0.1) is 34.6 Å². The fraction of sp³-hybridized carbons (Fsp3) is 0.542. The molecule has 3 aromatic rings. The van der Waals surface area contributed by atoms with E-state index in [1.54, 1.807) is 19.9 Å². The van der Waals surface area contributed by atoms with Crippen LogP contribution in [0.3, 0.4) is 0 Å². The van der Waals surface area contributed by atoms with E-state index >= 15 is 4.39 Å². The summed E-state index contributed by atoms with van der Waals surface area (Å²) in [5, 5.41) is 24.6. The van der Waals surface area contributed by atoms with Crippen molar-refractivity contribution >= 4 is 28.6 Å². The lowest BCUT2D eigenvalue weighted by atomic mass is 9.98. The molecule has 34 heavy (non-hydrogen) atoms. The molecule has 184 valence electrons. The number of imidazole rings is 1. The maximum Gasteiger partial charge on any atom is 0.223 e. The molecular weight excluding hydrogens is 461 g/mol. The Bertz CT molecular complexity index is 1190. The lowest BCUT2D eigenvalue weighted by molar-refractivity contribution is -0.0808. The second-order valence-electron chi connectivity index (χ2n) is 9.52. The molecule has 0 unspecified atom stereocenters. The third-order valence-electron chi connectivity index (χ3n) is 6.10. The fourth-order valence-corrected chi connectivity index (χ4v) is 4.64. The summed E-state index contributed by atoms with van der Waals surface area (Å²) < 4.78 is 22.6. The Labute approximate surface area is 203 Å². The minimum atomic E-state index is -1.25. The highest BCUT2D eigenvalue weighted by atomic mass is 35.5. The number of anilines is 1. The predicted octanol–water partition coefficient (Wildman–Crippen LogP) is 4.43. The zero-order valence-electron chi connectivity index (χ0n) is 20.0. The molecule has 0 amide bonds. The number of rotatable bonds is 6. The Morgan fingerprint density at radius 2 is 2.06 bits per heavy atom. The van der Waals surface area contributed by atoms with E-state index in [1.807, 2.05) is 25.3 Å². The molecule has 0 radical (unpaired) electrons. The monoisotopic (exact) mass is 491 g/mol. The van der Waals surface area contributed by atoms with Crippen LogP contribution in [0, 0.1) is 5.82 Å². The van der Waals surface area contributed by atoms with E-state index in [1.165, 1.54) is 12.3 Å². The number of halogens is 2. The van der Waals surface area contributed by atoms with Crippen LogP contribution >= 0.6 is 11.6 Å². The molecule has 1 fully saturated rings. The van der Waals surface area contributed by atoms with Gasteiger partial charge in [0, 0.05) is 18.2 Å². The van der Waals surface area contributed by atoms with Gasteiger partial charge in [-0.1, -0.05) is 18.5 Å². The molecular formula is C24H31ClFN5O3. The fourth-order valence-electron chi connectivity index (χ4n) is 4.44. The third kappa shape index (κ3) is 4.62. The first-order valence-corrected chi connectivity index (χ1v) is 11.9. The zero-order chi connectivity index (χ0) is 24.8. The number of nitrogens with zero attached hydrogens (tertiary/aromatic N) is 4. The molecule has 3 N–H and O–H groups in total. The molecule has 3 heterocycles. The minimum Gasteiger partial charge on any atom is -0.388 e. The predicted molar refractivity (Wildman–Crippen MR) is 129 cm³/mol. The highest BCUT2D eigenvalue weighted by molar-refractivity contribution is 6.33. The van der Waals surface area contributed by atoms with Gasteiger partial charge < -0.3 is 24.8 Å². The van der Waals surface area contributed by atoms with Crippen molar-refractivity contribution in [1.29, 1.82) is 0 Å². The van der Waals surface area contributed by atoms with E-state index in [-0.39, 0.29) is 34.7 Å². The average molecular weight is 492 g/mol. The Balaban J connectivity index is 1.76. The van der Waals surface area contributed by atoms with Gasteiger partial charge in [0.2, 0.25) is 5.95 Å². The van der Waals surface area contributed by atoms with Crippen LogP contribution in [0.5, 0.6) is 0 Å². The van der Waals surface area contributed by atoms with Crippen molar-refractivity contribution in [3.05, 3.63) is 35.0 Å². The van der Waals surface area contributed by atoms with Crippen molar-refractivity contribution in [2.24, 2.45) is 0 Å². The van der Waals surface area contributed by atoms with E-state index in [0.29, 0.717) is 42.0 Å². The first-order chi connectivity index (χ1) is 16.0. The summed E-state index contributed by atoms with van der Waals surface area (Å²) in [6, 6.07) is 2.77. The van der Waals surface area contributed by atoms with Crippen molar-refractivity contribution in [2.45, 2.75) is 77.4 Å². The van der Waals surface area contributed by atoms with Gasteiger partial charge in [-0.2, -0.15) is 0 Å². The van der Waals surface area contributed by atoms with Gasteiger partial charge in [-0.05, 0) is 52.7 Å². The number of benzene rings is 1. The molecule has 3 atom stereocenters. The quantitative estimate of drug-likeness (QED) is 0.468. The van der Waals surface area contributed by atoms with Crippen molar-refractivity contribution in [3.8, 4) is 11.3 Å². The minimum absolute atomic E-state index is 0.0688. The number of aliphatic hydroxyl groups is 2. The Hall–Kier alpha value is -2.33. The molecule has 0 aliphatic carbocycles. The van der Waals surface area contributed by atoms with Crippen LogP contribution in [0.15, 0.2) is 18.3 Å². The highest BCUT2D eigenvalue weighted by Crippen LogP contribution is 2.35. The van der Waals surface area contributed by atoms with E-state index in [4.69, 9.17) is 16.3 Å². The van der Waals surface area contributed by atoms with Crippen molar-refractivity contribution in [2.75, 3.05) is 11.9 Å². The average Bonchev–Trinajstić information content (AvgIpc) is 3.17. The molecule has 10 heteroatoms. The normalized spacial score (nSPS) is 21.4. The Morgan fingerprint density at radius 1 is 1.32 bits per heavy atom. The molecule has 2 aromatic heterocycles. The largest absolute Gasteiger partial charge is 0.388 e. The maximum atomic E-state index is 15.2. The summed E-state index contributed by atoms with van der Waals surface area (Å²) in [6.45, 7) is 9.63. The molecule has 1 aliphatic heterocycles. The van der Waals surface area contributed by atoms with E-state index in [0.717, 1.165) is 0 Å². The molecule has 0 spiro atoms. The molecule has 0 saturated carbocycles. The van der Waals surface area contributed by atoms with Crippen LogP contribution in [0.25, 0.3) is 22.3 Å². The lowest BCUT2D eigenvalue weighted by Crippen LogP contribution is -2.48. The van der Waals surface area contributed by atoms with Gasteiger partial charge in [0.15, 0.2) is 5.82 Å². The van der Waals surface area contributed by atoms with Crippen LogP contribution < -0.4 is 5.32 Å². The molecule has 0 bridgehead atoms. The summed E-state index contributed by atoms with van der Waals surface area (Å²) in [7, 11) is 0. The van der Waals surface area contributed by atoms with Gasteiger partial charge in [-0.15, -0.1) is 0 Å². The molecule has 1 aliphatic rings. The van der Waals surface area contributed by atoms with Crippen molar-refractivity contribution in [1.82, 2.24) is 19.5 Å². The lowest BCUT2D eigenvalue weighted by Gasteiger charge is -2.34. The number of fused-ring (bicyclic) bond motifs is 1. The summed E-state index contributed by atoms with van der Waals surface area (Å²) in [6.07, 6.45) is 1.81. The first-order valence-electron chi connectivity index (χ1n) is 11.5. The summed E-state index contributed by atoms with van der Waals surface area (Å²) >= 11 is 6.42. The van der Waals surface area contributed by atoms with E-state index < -0.39 is 17.5 Å². The standard InChI is InChI=1S/C24H31ClFN5O3/c1-6-18-21(32)16(7-8-34-18)28-23-27-11-14(25)19(30-23)13-9-15(26)20-17(10-13)31(12(2)3)22(29-20)24(4,5)33/h9-12,16,18,21,32-33H,6-8H2,1-5H3,(H,27,28,30)/t16-,18-,21+/m1/s1. The first kappa shape index (κ1) is 24.8. The second kappa shape index (κ2) is 9.37. The van der Waals surface area contributed by atoms with Gasteiger partial charge >= 0.3 is 0 Å². The van der Waals surface area contributed by atoms with E-state index in [2.05, 4.69) is 20.3 Å². The second-order valence-corrected chi connectivity index (χ2v) is 9.93. The maximum absolute atomic E-state index is 15.2. The third-order valence-corrected chi connectivity index (χ3v) is 6.38. The highest BCUT2D eigenvalue weighted by Gasteiger charge is 2.32. The molecule has 8 nitrogen and oxygen atoms in total. The van der Waals surface area contributed by atoms with Crippen LogP contribution in [-0.2, 0) is 10.3 Å². The summed E-state index contributed by atoms with van der Waals surface area (Å²) in [4.78, 5) is 13.2. The van der Waals surface area contributed by atoms with Crippen LogP contribution in [0.1, 0.15) is 59.3 Å². The number of nitrogens with one attached hydrogen (secondary N) is 1. The van der Waals surface area contributed by atoms with Crippen LogP contribution in [0.2, 0.25) is 5.02 Å². The Kier molecular flexibility index (Phi) is 6.83.